The molecule has 2 amide bonds. The van der Waals surface area contributed by atoms with Crippen molar-refractivity contribution in [3.8, 4) is 11.5 Å². The van der Waals surface area contributed by atoms with Crippen molar-refractivity contribution in [2.24, 2.45) is 5.10 Å². The molecule has 4 rings (SSSR count). The third kappa shape index (κ3) is 2.91. The Morgan fingerprint density at radius 1 is 0.964 bits per heavy atom. The van der Waals surface area contributed by atoms with Gasteiger partial charge in [0.25, 0.3) is 11.8 Å². The predicted molar refractivity (Wildman–Crippen MR) is 114 cm³/mol. The van der Waals surface area contributed by atoms with E-state index in [0.29, 0.717) is 33.6 Å². The highest BCUT2D eigenvalue weighted by Gasteiger charge is 2.32. The number of benzene rings is 3. The lowest BCUT2D eigenvalue weighted by Gasteiger charge is -2.23. The van der Waals surface area contributed by atoms with Crippen molar-refractivity contribution in [3.05, 3.63) is 68.8 Å². The lowest BCUT2D eigenvalue weighted by atomic mass is 9.95. The van der Waals surface area contributed by atoms with Crippen LogP contribution in [0.3, 0.4) is 0 Å². The van der Waals surface area contributed by atoms with Crippen LogP contribution >= 0.6 is 22.6 Å². The zero-order valence-electron chi connectivity index (χ0n) is 15.1. The Kier molecular flexibility index (Phi) is 4.76. The molecule has 0 aliphatic carbocycles. The second kappa shape index (κ2) is 7.23. The highest BCUT2D eigenvalue weighted by atomic mass is 127. The number of methoxy groups -OCH3 is 2. The van der Waals surface area contributed by atoms with Crippen molar-refractivity contribution in [3.63, 3.8) is 0 Å². The lowest BCUT2D eigenvalue weighted by Crippen LogP contribution is -2.36. The molecule has 0 atom stereocenters. The van der Waals surface area contributed by atoms with Crippen molar-refractivity contribution in [1.82, 2.24) is 5.01 Å². The maximum absolute atomic E-state index is 12.9. The standard InChI is InChI=1S/C21H15IN2O4/c1-27-17-10-12(9-16(22)19(17)28-2)11-23-24-20(25)14-7-3-5-13-6-4-8-15(18(13)14)21(24)26/h3-11H,1-2H3. The minimum absolute atomic E-state index is 0.444. The molecular formula is C21H15IN2O4. The third-order valence-corrected chi connectivity index (χ3v) is 5.33. The summed E-state index contributed by atoms with van der Waals surface area (Å²) in [6.45, 7) is 0. The van der Waals surface area contributed by atoms with Gasteiger partial charge in [-0.1, -0.05) is 24.3 Å². The zero-order chi connectivity index (χ0) is 19.8. The van der Waals surface area contributed by atoms with Crippen LogP contribution in [-0.2, 0) is 0 Å². The van der Waals surface area contributed by atoms with E-state index in [0.717, 1.165) is 14.0 Å². The first kappa shape index (κ1) is 18.4. The van der Waals surface area contributed by atoms with E-state index in [1.807, 2.05) is 18.2 Å². The Labute approximate surface area is 174 Å². The molecule has 0 spiro atoms. The summed E-state index contributed by atoms with van der Waals surface area (Å²) in [6, 6.07) is 14.4. The van der Waals surface area contributed by atoms with E-state index >= 15 is 0 Å². The van der Waals surface area contributed by atoms with Crippen molar-refractivity contribution in [1.29, 1.82) is 0 Å². The lowest BCUT2D eigenvalue weighted by molar-refractivity contribution is 0.0616. The van der Waals surface area contributed by atoms with Crippen LogP contribution in [-0.4, -0.2) is 37.3 Å². The smallest absolute Gasteiger partial charge is 0.282 e. The van der Waals surface area contributed by atoms with E-state index in [1.165, 1.54) is 6.21 Å². The summed E-state index contributed by atoms with van der Waals surface area (Å²) in [5, 5.41) is 6.62. The summed E-state index contributed by atoms with van der Waals surface area (Å²) in [5.41, 5.74) is 1.61. The third-order valence-electron chi connectivity index (χ3n) is 4.53. The van der Waals surface area contributed by atoms with Gasteiger partial charge in [-0.2, -0.15) is 10.1 Å². The number of carbonyl (C=O) groups excluding carboxylic acids is 2. The van der Waals surface area contributed by atoms with Gasteiger partial charge in [-0.3, -0.25) is 9.59 Å². The highest BCUT2D eigenvalue weighted by molar-refractivity contribution is 14.1. The van der Waals surface area contributed by atoms with Crippen LogP contribution in [0.25, 0.3) is 10.8 Å². The second-order valence-corrected chi connectivity index (χ2v) is 7.28. The van der Waals surface area contributed by atoms with Crippen LogP contribution in [0.1, 0.15) is 26.3 Å². The number of halogens is 1. The molecule has 0 aromatic heterocycles. The first-order valence-corrected chi connectivity index (χ1v) is 9.49. The quantitative estimate of drug-likeness (QED) is 0.317. The van der Waals surface area contributed by atoms with Gasteiger partial charge in [-0.25, -0.2) is 0 Å². The number of hydrazone groups is 1. The van der Waals surface area contributed by atoms with Gasteiger partial charge in [-0.15, -0.1) is 0 Å². The minimum Gasteiger partial charge on any atom is -0.493 e. The van der Waals surface area contributed by atoms with Crippen LogP contribution < -0.4 is 9.47 Å². The number of nitrogens with zero attached hydrogens (tertiary/aromatic N) is 2. The largest absolute Gasteiger partial charge is 0.493 e. The Morgan fingerprint density at radius 3 is 2.18 bits per heavy atom. The zero-order valence-corrected chi connectivity index (χ0v) is 17.3. The van der Waals surface area contributed by atoms with Crippen molar-refractivity contribution >= 4 is 51.4 Å². The Hall–Kier alpha value is -2.94. The average molecular weight is 486 g/mol. The van der Waals surface area contributed by atoms with Crippen molar-refractivity contribution in [2.45, 2.75) is 0 Å². The van der Waals surface area contributed by atoms with E-state index in [1.54, 1.807) is 44.6 Å². The van der Waals surface area contributed by atoms with Crippen LogP contribution in [0.15, 0.2) is 53.6 Å². The summed E-state index contributed by atoms with van der Waals surface area (Å²) in [4.78, 5) is 25.7. The van der Waals surface area contributed by atoms with Gasteiger partial charge in [0.1, 0.15) is 0 Å². The molecule has 0 unspecified atom stereocenters. The van der Waals surface area contributed by atoms with Gasteiger partial charge in [0.15, 0.2) is 11.5 Å². The van der Waals surface area contributed by atoms with Gasteiger partial charge in [0, 0.05) is 5.39 Å². The van der Waals surface area contributed by atoms with E-state index in [2.05, 4.69) is 27.7 Å². The van der Waals surface area contributed by atoms with Gasteiger partial charge in [0.05, 0.1) is 35.1 Å². The summed E-state index contributed by atoms with van der Waals surface area (Å²) in [7, 11) is 3.11. The van der Waals surface area contributed by atoms with Crippen LogP contribution in [0.5, 0.6) is 11.5 Å². The maximum Gasteiger partial charge on any atom is 0.282 e. The van der Waals surface area contributed by atoms with Gasteiger partial charge < -0.3 is 9.47 Å². The molecule has 1 aliphatic rings. The fourth-order valence-corrected chi connectivity index (χ4v) is 4.11. The fourth-order valence-electron chi connectivity index (χ4n) is 3.26. The van der Waals surface area contributed by atoms with E-state index in [4.69, 9.17) is 9.47 Å². The monoisotopic (exact) mass is 486 g/mol. The molecular weight excluding hydrogens is 471 g/mol. The average Bonchev–Trinajstić information content (AvgIpc) is 2.71. The van der Waals surface area contributed by atoms with Gasteiger partial charge in [0.2, 0.25) is 0 Å². The van der Waals surface area contributed by atoms with Gasteiger partial charge >= 0.3 is 0 Å². The van der Waals surface area contributed by atoms with E-state index in [9.17, 15) is 9.59 Å². The topological polar surface area (TPSA) is 68.2 Å². The molecule has 3 aromatic rings. The molecule has 3 aromatic carbocycles. The Bertz CT molecular complexity index is 1110. The van der Waals surface area contributed by atoms with Crippen molar-refractivity contribution in [2.75, 3.05) is 14.2 Å². The maximum atomic E-state index is 12.9. The van der Waals surface area contributed by atoms with Crippen LogP contribution in [0, 0.1) is 3.57 Å². The number of rotatable bonds is 4. The first-order chi connectivity index (χ1) is 13.5. The van der Waals surface area contributed by atoms with E-state index in [-0.39, 0.29) is 0 Å². The predicted octanol–water partition coefficient (Wildman–Crippen LogP) is 4.09. The number of imide groups is 1. The number of carbonyl (C=O) groups is 2. The molecule has 0 bridgehead atoms. The molecule has 0 radical (unpaired) electrons. The molecule has 28 heavy (non-hydrogen) atoms. The molecule has 0 saturated carbocycles. The highest BCUT2D eigenvalue weighted by Crippen LogP contribution is 2.33. The molecule has 0 saturated heterocycles. The molecule has 1 heterocycles. The molecule has 0 N–H and O–H groups in total. The normalized spacial score (nSPS) is 13.5. The van der Waals surface area contributed by atoms with Crippen LogP contribution in [0.2, 0.25) is 0 Å². The molecule has 140 valence electrons. The summed E-state index contributed by atoms with van der Waals surface area (Å²) < 4.78 is 11.5. The van der Waals surface area contributed by atoms with E-state index < -0.39 is 11.8 Å². The molecule has 6 nitrogen and oxygen atoms in total. The SMILES string of the molecule is COc1cc(C=NN2C(=O)c3cccc4cccc(c34)C2=O)cc(I)c1OC. The second-order valence-electron chi connectivity index (χ2n) is 6.11. The summed E-state index contributed by atoms with van der Waals surface area (Å²) >= 11 is 2.13. The van der Waals surface area contributed by atoms with Gasteiger partial charge in [-0.05, 0) is 57.8 Å². The summed E-state index contributed by atoms with van der Waals surface area (Å²) in [5.74, 6) is 0.273. The Morgan fingerprint density at radius 2 is 1.61 bits per heavy atom. The first-order valence-electron chi connectivity index (χ1n) is 8.41. The fraction of sp³-hybridized carbons (Fsp3) is 0.0952. The number of hydrogen-bond donors (Lipinski definition) is 0. The molecule has 1 aliphatic heterocycles. The Balaban J connectivity index is 1.75. The molecule has 0 fully saturated rings. The number of hydrogen-bond acceptors (Lipinski definition) is 5. The van der Waals surface area contributed by atoms with Crippen LogP contribution in [0.4, 0.5) is 0 Å². The number of amides is 2. The summed E-state index contributed by atoms with van der Waals surface area (Å²) in [6.07, 6.45) is 1.47. The van der Waals surface area contributed by atoms with Crippen molar-refractivity contribution < 1.29 is 19.1 Å². The molecule has 7 heteroatoms. The number of ether oxygens (including phenoxy) is 2. The minimum atomic E-state index is -0.444.